The maximum atomic E-state index is 14.6. The molecule has 0 radical (unpaired) electrons. The number of H-pyrrole nitrogens is 1. The number of aromatic nitrogens is 5. The standard InChI is InChI=1S/C19H17FN8O2/c1-19(4-5-19)12-7-13(28-30-12)25-18(29)24-11-3-2-9(6-10(11)20)15-14-16(21)22-8-23-17(14)27-26-15/h2-3,6-8H,4-5H2,1H3,(H2,24,25,28,29)(H3,21,22,23,26,27). The van der Waals surface area contributed by atoms with Gasteiger partial charge in [0, 0.05) is 17.0 Å². The Labute approximate surface area is 169 Å². The molecule has 5 N–H and O–H groups in total. The number of hydrogen-bond acceptors (Lipinski definition) is 7. The zero-order valence-corrected chi connectivity index (χ0v) is 15.9. The van der Waals surface area contributed by atoms with Crippen molar-refractivity contribution in [1.82, 2.24) is 25.3 Å². The minimum atomic E-state index is -0.632. The zero-order chi connectivity index (χ0) is 20.9. The molecule has 0 bridgehead atoms. The van der Waals surface area contributed by atoms with Gasteiger partial charge in [0.1, 0.15) is 23.7 Å². The molecule has 0 spiro atoms. The van der Waals surface area contributed by atoms with E-state index in [1.807, 2.05) is 0 Å². The lowest BCUT2D eigenvalue weighted by Crippen LogP contribution is -2.20. The highest BCUT2D eigenvalue weighted by atomic mass is 19.1. The molecule has 3 aromatic heterocycles. The Hall–Kier alpha value is -4.02. The topological polar surface area (TPSA) is 148 Å². The van der Waals surface area contributed by atoms with Crippen LogP contribution in [0.4, 0.5) is 26.5 Å². The number of hydrogen-bond donors (Lipinski definition) is 4. The van der Waals surface area contributed by atoms with E-state index in [9.17, 15) is 9.18 Å². The van der Waals surface area contributed by atoms with Crippen molar-refractivity contribution in [3.8, 4) is 11.3 Å². The number of urea groups is 1. The van der Waals surface area contributed by atoms with Crippen molar-refractivity contribution in [3.63, 3.8) is 0 Å². The highest BCUT2D eigenvalue weighted by molar-refractivity contribution is 6.00. The van der Waals surface area contributed by atoms with Crippen molar-refractivity contribution < 1.29 is 13.7 Å². The molecule has 0 saturated heterocycles. The number of halogens is 1. The summed E-state index contributed by atoms with van der Waals surface area (Å²) in [5.74, 6) is 0.598. The van der Waals surface area contributed by atoms with Gasteiger partial charge in [-0.15, -0.1) is 0 Å². The van der Waals surface area contributed by atoms with Crippen LogP contribution in [0.3, 0.4) is 0 Å². The molecule has 4 aromatic rings. The average molecular weight is 408 g/mol. The summed E-state index contributed by atoms with van der Waals surface area (Å²) in [4.78, 5) is 20.2. The zero-order valence-electron chi connectivity index (χ0n) is 15.9. The molecular weight excluding hydrogens is 391 g/mol. The minimum absolute atomic E-state index is 0.00201. The molecule has 1 fully saturated rings. The molecule has 1 aromatic carbocycles. The first kappa shape index (κ1) is 18.0. The Kier molecular flexibility index (Phi) is 3.91. The highest BCUT2D eigenvalue weighted by Gasteiger charge is 2.43. The Morgan fingerprint density at radius 3 is 2.87 bits per heavy atom. The van der Waals surface area contributed by atoms with Crippen LogP contribution in [-0.2, 0) is 5.41 Å². The molecule has 1 saturated carbocycles. The number of fused-ring (bicyclic) bond motifs is 1. The largest absolute Gasteiger partial charge is 0.383 e. The van der Waals surface area contributed by atoms with Gasteiger partial charge < -0.3 is 15.6 Å². The fourth-order valence-corrected chi connectivity index (χ4v) is 3.18. The molecule has 0 aliphatic heterocycles. The number of aromatic amines is 1. The van der Waals surface area contributed by atoms with Gasteiger partial charge in [-0.1, -0.05) is 18.1 Å². The maximum absolute atomic E-state index is 14.6. The van der Waals surface area contributed by atoms with Crippen molar-refractivity contribution >= 4 is 34.4 Å². The van der Waals surface area contributed by atoms with Gasteiger partial charge in [-0.25, -0.2) is 19.2 Å². The number of nitrogens with two attached hydrogens (primary N) is 1. The summed E-state index contributed by atoms with van der Waals surface area (Å²) in [5, 5.41) is 16.2. The summed E-state index contributed by atoms with van der Waals surface area (Å²) in [6.45, 7) is 2.07. The number of nitrogens with one attached hydrogen (secondary N) is 3. The van der Waals surface area contributed by atoms with Gasteiger partial charge in [0.15, 0.2) is 11.5 Å². The van der Waals surface area contributed by atoms with E-state index in [-0.39, 0.29) is 22.7 Å². The molecule has 5 rings (SSSR count). The van der Waals surface area contributed by atoms with E-state index >= 15 is 0 Å². The number of amides is 2. The van der Waals surface area contributed by atoms with Crippen LogP contribution in [0.1, 0.15) is 25.5 Å². The molecule has 11 heteroatoms. The first-order chi connectivity index (χ1) is 14.4. The molecule has 1 aliphatic rings. The molecule has 30 heavy (non-hydrogen) atoms. The van der Waals surface area contributed by atoms with E-state index in [1.165, 1.54) is 18.5 Å². The number of rotatable bonds is 4. The Morgan fingerprint density at radius 1 is 1.27 bits per heavy atom. The van der Waals surface area contributed by atoms with Crippen molar-refractivity contribution in [2.24, 2.45) is 0 Å². The second-order valence-electron chi connectivity index (χ2n) is 7.47. The van der Waals surface area contributed by atoms with Crippen molar-refractivity contribution in [2.75, 3.05) is 16.4 Å². The quantitative estimate of drug-likeness (QED) is 0.404. The number of nitrogens with zero attached hydrogens (tertiary/aromatic N) is 4. The molecular formula is C19H17FN8O2. The molecule has 10 nitrogen and oxygen atoms in total. The predicted octanol–water partition coefficient (Wildman–Crippen LogP) is 3.42. The normalized spacial score (nSPS) is 14.6. The molecule has 1 aliphatic carbocycles. The van der Waals surface area contributed by atoms with Gasteiger partial charge in [-0.2, -0.15) is 5.10 Å². The van der Waals surface area contributed by atoms with Crippen LogP contribution in [0.5, 0.6) is 0 Å². The van der Waals surface area contributed by atoms with Crippen LogP contribution in [-0.4, -0.2) is 31.4 Å². The van der Waals surface area contributed by atoms with Crippen LogP contribution >= 0.6 is 0 Å². The lowest BCUT2D eigenvalue weighted by molar-refractivity contribution is 0.261. The van der Waals surface area contributed by atoms with Gasteiger partial charge in [-0.3, -0.25) is 10.4 Å². The monoisotopic (exact) mass is 408 g/mol. The third-order valence-electron chi connectivity index (χ3n) is 5.23. The minimum Gasteiger partial charge on any atom is -0.383 e. The third kappa shape index (κ3) is 3.09. The molecule has 2 amide bonds. The first-order valence-corrected chi connectivity index (χ1v) is 9.23. The van der Waals surface area contributed by atoms with Crippen LogP contribution in [0.15, 0.2) is 35.1 Å². The molecule has 0 atom stereocenters. The second kappa shape index (κ2) is 6.51. The second-order valence-corrected chi connectivity index (χ2v) is 7.47. The van der Waals surface area contributed by atoms with Crippen molar-refractivity contribution in [3.05, 3.63) is 42.2 Å². The van der Waals surface area contributed by atoms with E-state index in [0.717, 1.165) is 18.6 Å². The summed E-state index contributed by atoms with van der Waals surface area (Å²) in [5.41, 5.74) is 7.25. The van der Waals surface area contributed by atoms with Crippen LogP contribution < -0.4 is 16.4 Å². The van der Waals surface area contributed by atoms with Crippen LogP contribution in [0.25, 0.3) is 22.3 Å². The lowest BCUT2D eigenvalue weighted by atomic mass is 10.1. The summed E-state index contributed by atoms with van der Waals surface area (Å²) >= 11 is 0. The molecule has 0 unspecified atom stereocenters. The van der Waals surface area contributed by atoms with Crippen LogP contribution in [0.2, 0.25) is 0 Å². The summed E-state index contributed by atoms with van der Waals surface area (Å²) < 4.78 is 19.9. The van der Waals surface area contributed by atoms with E-state index in [2.05, 4.69) is 42.9 Å². The Bertz CT molecular complexity index is 1280. The van der Waals surface area contributed by atoms with Gasteiger partial charge >= 0.3 is 6.03 Å². The number of benzene rings is 1. The Morgan fingerprint density at radius 2 is 2.10 bits per heavy atom. The predicted molar refractivity (Wildman–Crippen MR) is 107 cm³/mol. The highest BCUT2D eigenvalue weighted by Crippen LogP contribution is 2.48. The van der Waals surface area contributed by atoms with Crippen molar-refractivity contribution in [2.45, 2.75) is 25.2 Å². The number of anilines is 3. The van der Waals surface area contributed by atoms with E-state index in [4.69, 9.17) is 10.3 Å². The van der Waals surface area contributed by atoms with E-state index in [1.54, 1.807) is 12.1 Å². The molecule has 152 valence electrons. The average Bonchev–Trinajstić information content (AvgIpc) is 3.12. The summed E-state index contributed by atoms with van der Waals surface area (Å²) in [6.07, 6.45) is 3.35. The maximum Gasteiger partial charge on any atom is 0.325 e. The van der Waals surface area contributed by atoms with Gasteiger partial charge in [0.2, 0.25) is 0 Å². The van der Waals surface area contributed by atoms with Gasteiger partial charge in [-0.05, 0) is 25.0 Å². The molecule has 3 heterocycles. The van der Waals surface area contributed by atoms with Crippen molar-refractivity contribution in [1.29, 1.82) is 0 Å². The number of carbonyl (C=O) groups excluding carboxylic acids is 1. The fourth-order valence-electron chi connectivity index (χ4n) is 3.18. The van der Waals surface area contributed by atoms with Gasteiger partial charge in [0.05, 0.1) is 16.8 Å². The van der Waals surface area contributed by atoms with E-state index in [0.29, 0.717) is 22.3 Å². The number of nitrogen functional groups attached to an aromatic ring is 1. The Balaban J connectivity index is 1.33. The smallest absolute Gasteiger partial charge is 0.325 e. The number of carbonyl (C=O) groups is 1. The fraction of sp³-hybridized carbons (Fsp3) is 0.211. The van der Waals surface area contributed by atoms with Gasteiger partial charge in [0.25, 0.3) is 0 Å². The summed E-state index contributed by atoms with van der Waals surface area (Å²) in [7, 11) is 0. The van der Waals surface area contributed by atoms with Crippen LogP contribution in [0, 0.1) is 5.82 Å². The third-order valence-corrected chi connectivity index (χ3v) is 5.23. The SMILES string of the molecule is CC1(c2cc(NC(=O)Nc3ccc(-c4[nH]nc5ncnc(N)c45)cc3F)no2)CC1. The lowest BCUT2D eigenvalue weighted by Gasteiger charge is -2.08. The first-order valence-electron chi connectivity index (χ1n) is 9.23. The summed E-state index contributed by atoms with van der Waals surface area (Å²) in [6, 6.07) is 5.38. The van der Waals surface area contributed by atoms with E-state index < -0.39 is 11.8 Å².